The summed E-state index contributed by atoms with van der Waals surface area (Å²) in [6.45, 7) is 2.05. The van der Waals surface area contributed by atoms with E-state index in [1.807, 2.05) is 35.1 Å². The number of imidazole rings is 1. The maximum absolute atomic E-state index is 12.9. The fraction of sp³-hybridized carbons (Fsp3) is 0.400. The zero-order valence-electron chi connectivity index (χ0n) is 12.4. The molecule has 0 spiro atoms. The molecule has 22 heavy (non-hydrogen) atoms. The fourth-order valence-electron chi connectivity index (χ4n) is 2.95. The number of carboxylic acid groups (broad SMARTS) is 1. The predicted molar refractivity (Wildman–Crippen MR) is 83.3 cm³/mol. The molecule has 116 valence electrons. The zero-order valence-corrected chi connectivity index (χ0v) is 13.3. The van der Waals surface area contributed by atoms with Crippen LogP contribution >= 0.6 is 11.8 Å². The van der Waals surface area contributed by atoms with Crippen LogP contribution in [0.15, 0.2) is 29.6 Å². The Bertz CT molecular complexity index is 758. The van der Waals surface area contributed by atoms with Crippen LogP contribution in [0, 0.1) is 0 Å². The minimum absolute atomic E-state index is 0.314. The van der Waals surface area contributed by atoms with E-state index in [9.17, 15) is 14.7 Å². The van der Waals surface area contributed by atoms with Crippen molar-refractivity contribution in [1.29, 1.82) is 0 Å². The largest absolute Gasteiger partial charge is 0.480 e. The summed E-state index contributed by atoms with van der Waals surface area (Å²) in [6, 6.07) is 5.55. The number of thioether (sulfide) groups is 1. The molecule has 1 saturated heterocycles. The molecule has 0 aliphatic carbocycles. The van der Waals surface area contributed by atoms with E-state index in [2.05, 4.69) is 4.98 Å². The summed E-state index contributed by atoms with van der Waals surface area (Å²) in [5.41, 5.74) is -0.128. The average Bonchev–Trinajstić information content (AvgIpc) is 3.08. The van der Waals surface area contributed by atoms with Gasteiger partial charge in [0.1, 0.15) is 5.54 Å². The lowest BCUT2D eigenvalue weighted by molar-refractivity contribution is -0.147. The summed E-state index contributed by atoms with van der Waals surface area (Å²) in [7, 11) is 0. The minimum atomic E-state index is -1.15. The van der Waals surface area contributed by atoms with E-state index in [0.29, 0.717) is 30.6 Å². The maximum atomic E-state index is 12.9. The Labute approximate surface area is 132 Å². The van der Waals surface area contributed by atoms with Crippen molar-refractivity contribution in [2.45, 2.75) is 30.5 Å². The predicted octanol–water partition coefficient (Wildman–Crippen LogP) is 2.14. The number of hydrogen-bond donors (Lipinski definition) is 1. The van der Waals surface area contributed by atoms with Gasteiger partial charge in [0.25, 0.3) is 5.91 Å². The molecule has 1 aliphatic heterocycles. The summed E-state index contributed by atoms with van der Waals surface area (Å²) in [4.78, 5) is 30.3. The summed E-state index contributed by atoms with van der Waals surface area (Å²) < 4.78 is 1.85. The second kappa shape index (κ2) is 5.31. The van der Waals surface area contributed by atoms with Gasteiger partial charge in [-0.15, -0.1) is 0 Å². The van der Waals surface area contributed by atoms with Crippen LogP contribution in [0.3, 0.4) is 0 Å². The van der Waals surface area contributed by atoms with Crippen LogP contribution in [0.25, 0.3) is 5.52 Å². The van der Waals surface area contributed by atoms with E-state index >= 15 is 0 Å². The molecule has 2 aromatic rings. The summed E-state index contributed by atoms with van der Waals surface area (Å²) in [5.74, 6) is -1.28. The number of carbonyl (C=O) groups is 2. The smallest absolute Gasteiger partial charge is 0.329 e. The number of carboxylic acids is 1. The van der Waals surface area contributed by atoms with Crippen molar-refractivity contribution in [3.63, 3.8) is 0 Å². The molecule has 1 unspecified atom stereocenters. The number of nitrogens with zero attached hydrogens (tertiary/aromatic N) is 3. The molecule has 3 heterocycles. The lowest BCUT2D eigenvalue weighted by atomic mass is 9.99. The highest BCUT2D eigenvalue weighted by atomic mass is 32.2. The van der Waals surface area contributed by atoms with Crippen molar-refractivity contribution in [1.82, 2.24) is 14.3 Å². The monoisotopic (exact) mass is 319 g/mol. The Morgan fingerprint density at radius 3 is 2.86 bits per heavy atom. The highest BCUT2D eigenvalue weighted by Gasteiger charge is 2.46. The van der Waals surface area contributed by atoms with Gasteiger partial charge in [-0.2, -0.15) is 0 Å². The lowest BCUT2D eigenvalue weighted by Gasteiger charge is -2.30. The van der Waals surface area contributed by atoms with Crippen LogP contribution in [0.4, 0.5) is 0 Å². The molecular weight excluding hydrogens is 302 g/mol. The van der Waals surface area contributed by atoms with Crippen LogP contribution in [-0.2, 0) is 4.79 Å². The first-order chi connectivity index (χ1) is 10.5. The summed E-state index contributed by atoms with van der Waals surface area (Å²) in [5, 5.41) is 10.2. The van der Waals surface area contributed by atoms with Gasteiger partial charge in [-0.05, 0) is 38.2 Å². The molecule has 1 N–H and O–H groups in total. The Morgan fingerprint density at radius 1 is 1.41 bits per heavy atom. The SMILES string of the molecule is CSc1nc(C(=O)N2CCCC2(C)C(=O)O)c2ccccn12. The number of pyridine rings is 1. The van der Waals surface area contributed by atoms with E-state index in [4.69, 9.17) is 0 Å². The van der Waals surface area contributed by atoms with Crippen molar-refractivity contribution < 1.29 is 14.7 Å². The van der Waals surface area contributed by atoms with E-state index in [0.717, 1.165) is 5.16 Å². The van der Waals surface area contributed by atoms with Gasteiger partial charge in [0, 0.05) is 12.7 Å². The molecule has 3 rings (SSSR count). The standard InChI is InChI=1S/C15H17N3O3S/c1-15(13(20)21)7-5-9-18(15)12(19)11-10-6-3-4-8-17(10)14(16-11)22-2/h3-4,6,8H,5,7,9H2,1-2H3,(H,20,21). The number of carbonyl (C=O) groups excluding carboxylic acids is 1. The van der Waals surface area contributed by atoms with Crippen molar-refractivity contribution in [3.8, 4) is 0 Å². The number of aromatic nitrogens is 2. The van der Waals surface area contributed by atoms with Crippen molar-refractivity contribution in [2.75, 3.05) is 12.8 Å². The van der Waals surface area contributed by atoms with Crippen LogP contribution in [0.5, 0.6) is 0 Å². The van der Waals surface area contributed by atoms with Gasteiger partial charge in [0.15, 0.2) is 10.9 Å². The number of fused-ring (bicyclic) bond motifs is 1. The van der Waals surface area contributed by atoms with Crippen LogP contribution in [-0.4, -0.2) is 49.6 Å². The minimum Gasteiger partial charge on any atom is -0.480 e. The number of rotatable bonds is 3. The highest BCUT2D eigenvalue weighted by molar-refractivity contribution is 7.98. The molecule has 0 saturated carbocycles. The van der Waals surface area contributed by atoms with Gasteiger partial charge in [-0.25, -0.2) is 9.78 Å². The third-order valence-electron chi connectivity index (χ3n) is 4.25. The second-order valence-electron chi connectivity index (χ2n) is 5.54. The van der Waals surface area contributed by atoms with Crippen LogP contribution in [0.2, 0.25) is 0 Å². The van der Waals surface area contributed by atoms with E-state index in [-0.39, 0.29) is 5.91 Å². The van der Waals surface area contributed by atoms with Gasteiger partial charge in [-0.1, -0.05) is 17.8 Å². The molecule has 1 amide bonds. The van der Waals surface area contributed by atoms with Crippen molar-refractivity contribution in [3.05, 3.63) is 30.1 Å². The van der Waals surface area contributed by atoms with E-state index < -0.39 is 11.5 Å². The number of amides is 1. The molecule has 1 aliphatic rings. The summed E-state index contributed by atoms with van der Waals surface area (Å²) in [6.07, 6.45) is 4.91. The molecule has 1 atom stereocenters. The van der Waals surface area contributed by atoms with Crippen molar-refractivity contribution >= 4 is 29.2 Å². The average molecular weight is 319 g/mol. The molecule has 2 aromatic heterocycles. The second-order valence-corrected chi connectivity index (χ2v) is 6.32. The molecular formula is C15H17N3O3S. The molecule has 0 radical (unpaired) electrons. The number of aliphatic carboxylic acids is 1. The number of hydrogen-bond acceptors (Lipinski definition) is 4. The Balaban J connectivity index is 2.08. The van der Waals surface area contributed by atoms with Gasteiger partial charge < -0.3 is 10.0 Å². The van der Waals surface area contributed by atoms with E-state index in [1.165, 1.54) is 16.7 Å². The Kier molecular flexibility index (Phi) is 3.60. The van der Waals surface area contributed by atoms with Crippen molar-refractivity contribution in [2.24, 2.45) is 0 Å². The fourth-order valence-corrected chi connectivity index (χ4v) is 3.49. The summed E-state index contributed by atoms with van der Waals surface area (Å²) >= 11 is 1.45. The molecule has 0 bridgehead atoms. The first-order valence-corrected chi connectivity index (χ1v) is 8.28. The van der Waals surface area contributed by atoms with Crippen LogP contribution in [0.1, 0.15) is 30.3 Å². The molecule has 1 fully saturated rings. The normalized spacial score (nSPS) is 21.5. The van der Waals surface area contributed by atoms with E-state index in [1.54, 1.807) is 6.92 Å². The highest BCUT2D eigenvalue weighted by Crippen LogP contribution is 2.32. The van der Waals surface area contributed by atoms with Crippen LogP contribution < -0.4 is 0 Å². The van der Waals surface area contributed by atoms with Gasteiger partial charge in [0.2, 0.25) is 0 Å². The third kappa shape index (κ3) is 2.08. The Hall–Kier alpha value is -2.02. The van der Waals surface area contributed by atoms with Gasteiger partial charge in [0.05, 0.1) is 5.52 Å². The molecule has 7 heteroatoms. The topological polar surface area (TPSA) is 74.9 Å². The molecule has 0 aromatic carbocycles. The molecule has 6 nitrogen and oxygen atoms in total. The van der Waals surface area contributed by atoms with Gasteiger partial charge in [-0.3, -0.25) is 9.20 Å². The quantitative estimate of drug-likeness (QED) is 0.877. The Morgan fingerprint density at radius 2 is 2.18 bits per heavy atom. The number of likely N-dealkylation sites (tertiary alicyclic amines) is 1. The first-order valence-electron chi connectivity index (χ1n) is 7.05. The maximum Gasteiger partial charge on any atom is 0.329 e. The lowest BCUT2D eigenvalue weighted by Crippen LogP contribution is -2.50. The third-order valence-corrected chi connectivity index (χ3v) is 4.90. The zero-order chi connectivity index (χ0) is 15.9. The van der Waals surface area contributed by atoms with Gasteiger partial charge >= 0.3 is 5.97 Å². The first kappa shape index (κ1) is 14.9.